The maximum atomic E-state index is 12.6. The van der Waals surface area contributed by atoms with Gasteiger partial charge in [-0.05, 0) is 36.8 Å². The van der Waals surface area contributed by atoms with Gasteiger partial charge in [-0.3, -0.25) is 4.98 Å². The van der Waals surface area contributed by atoms with Crippen molar-refractivity contribution < 1.29 is 13.5 Å². The van der Waals surface area contributed by atoms with Crippen molar-refractivity contribution in [3.05, 3.63) is 61.4 Å². The lowest BCUT2D eigenvalue weighted by Gasteiger charge is -2.07. The number of pyridine rings is 1. The topological polar surface area (TPSA) is 72.2 Å². The van der Waals surface area contributed by atoms with Crippen LogP contribution in [-0.2, 0) is 10.0 Å². The van der Waals surface area contributed by atoms with E-state index in [4.69, 9.17) is 0 Å². The molecule has 1 aromatic carbocycles. The number of hydrogen-bond acceptors (Lipinski definition) is 4. The second-order valence-electron chi connectivity index (χ2n) is 4.35. The van der Waals surface area contributed by atoms with Crippen molar-refractivity contribution in [2.24, 2.45) is 0 Å². The molecule has 101 valence electrons. The summed E-state index contributed by atoms with van der Waals surface area (Å²) in [5.74, 6) is -0.00163. The van der Waals surface area contributed by atoms with Gasteiger partial charge in [-0.15, -0.1) is 0 Å². The summed E-state index contributed by atoms with van der Waals surface area (Å²) in [6.07, 6.45) is 4.23. The number of phenols is 1. The van der Waals surface area contributed by atoms with Gasteiger partial charge in [-0.25, -0.2) is 12.4 Å². The minimum Gasteiger partial charge on any atom is -0.508 e. The van der Waals surface area contributed by atoms with E-state index in [0.717, 1.165) is 3.97 Å². The third-order valence-corrected chi connectivity index (χ3v) is 4.69. The van der Waals surface area contributed by atoms with Gasteiger partial charge in [0.15, 0.2) is 0 Å². The van der Waals surface area contributed by atoms with Crippen LogP contribution in [0.3, 0.4) is 0 Å². The highest BCUT2D eigenvalue weighted by Gasteiger charge is 2.20. The second-order valence-corrected chi connectivity index (χ2v) is 6.16. The fourth-order valence-corrected chi connectivity index (χ4v) is 3.41. The lowest BCUT2D eigenvalue weighted by atomic mass is 10.2. The lowest BCUT2D eigenvalue weighted by molar-refractivity contribution is 0.476. The van der Waals surface area contributed by atoms with Crippen molar-refractivity contribution >= 4 is 20.9 Å². The highest BCUT2D eigenvalue weighted by molar-refractivity contribution is 7.90. The summed E-state index contributed by atoms with van der Waals surface area (Å²) in [6.45, 7) is 3.82. The van der Waals surface area contributed by atoms with Crippen LogP contribution in [0, 0.1) is 6.92 Å². The Kier molecular flexibility index (Phi) is 2.76. The molecule has 0 atom stereocenters. The average molecular weight is 287 g/mol. The van der Waals surface area contributed by atoms with Crippen LogP contribution in [0.4, 0.5) is 0 Å². The predicted molar refractivity (Wildman–Crippen MR) is 74.9 cm³/mol. The van der Waals surface area contributed by atoms with Crippen LogP contribution in [0.2, 0.25) is 0 Å². The Balaban J connectivity index is 2.33. The van der Waals surface area contributed by atoms with Crippen LogP contribution in [0.1, 0.15) is 5.56 Å². The first-order chi connectivity index (χ1) is 9.50. The van der Waals surface area contributed by atoms with Crippen LogP contribution in [0.5, 0.6) is 5.75 Å². The smallest absolute Gasteiger partial charge is 0.269 e. The number of aromatic hydroxyl groups is 1. The molecule has 0 amide bonds. The van der Waals surface area contributed by atoms with E-state index in [1.54, 1.807) is 12.1 Å². The Morgan fingerprint density at radius 3 is 2.75 bits per heavy atom. The fraction of sp³-hybridized carbons (Fsp3) is 0. The summed E-state index contributed by atoms with van der Waals surface area (Å²) in [5.41, 5.74) is 0.964. The van der Waals surface area contributed by atoms with Crippen molar-refractivity contribution in [3.63, 3.8) is 0 Å². The lowest BCUT2D eigenvalue weighted by Crippen LogP contribution is -2.11. The van der Waals surface area contributed by atoms with Crippen LogP contribution in [0.15, 0.2) is 53.8 Å². The Labute approximate surface area is 116 Å². The second kappa shape index (κ2) is 4.35. The molecule has 5 nitrogen and oxygen atoms in total. The molecule has 1 N–H and O–H groups in total. The van der Waals surface area contributed by atoms with E-state index in [1.165, 1.54) is 36.8 Å². The third-order valence-electron chi connectivity index (χ3n) is 3.03. The molecule has 3 aromatic rings. The molecular formula is C14H11N2O3S. The van der Waals surface area contributed by atoms with Crippen molar-refractivity contribution in [2.45, 2.75) is 4.90 Å². The van der Waals surface area contributed by atoms with Gasteiger partial charge < -0.3 is 5.11 Å². The standard InChI is InChI=1S/C14H11N2O3S/c1-10-9-16(14-7-11(17)4-5-13(10)14)20(18,19)12-3-2-6-15-8-12/h2-9,17H,1H2. The highest BCUT2D eigenvalue weighted by Crippen LogP contribution is 2.27. The summed E-state index contributed by atoms with van der Waals surface area (Å²) in [5, 5.41) is 10.2. The van der Waals surface area contributed by atoms with Crippen molar-refractivity contribution in [2.75, 3.05) is 0 Å². The highest BCUT2D eigenvalue weighted by atomic mass is 32.2. The van der Waals surface area contributed by atoms with E-state index in [-0.39, 0.29) is 10.6 Å². The fourth-order valence-electron chi connectivity index (χ4n) is 2.07. The van der Waals surface area contributed by atoms with Gasteiger partial charge in [0.05, 0.1) is 5.52 Å². The van der Waals surface area contributed by atoms with Gasteiger partial charge in [0.2, 0.25) is 0 Å². The number of phenolic OH excluding ortho intramolecular Hbond substituents is 1. The van der Waals surface area contributed by atoms with E-state index in [2.05, 4.69) is 11.9 Å². The average Bonchev–Trinajstić information content (AvgIpc) is 2.77. The number of hydrogen-bond donors (Lipinski definition) is 1. The third kappa shape index (κ3) is 1.85. The monoisotopic (exact) mass is 287 g/mol. The molecule has 2 heterocycles. The first-order valence-corrected chi connectivity index (χ1v) is 7.26. The quantitative estimate of drug-likeness (QED) is 0.784. The van der Waals surface area contributed by atoms with Gasteiger partial charge in [0.25, 0.3) is 10.0 Å². The number of benzene rings is 1. The van der Waals surface area contributed by atoms with Crippen LogP contribution < -0.4 is 0 Å². The van der Waals surface area contributed by atoms with E-state index >= 15 is 0 Å². The molecule has 0 aliphatic rings. The van der Waals surface area contributed by atoms with Crippen LogP contribution in [-0.4, -0.2) is 22.5 Å². The summed E-state index contributed by atoms with van der Waals surface area (Å²) < 4.78 is 26.3. The summed E-state index contributed by atoms with van der Waals surface area (Å²) in [6, 6.07) is 7.57. The molecule has 0 aliphatic carbocycles. The minimum absolute atomic E-state index is 0.00163. The van der Waals surface area contributed by atoms with Crippen LogP contribution >= 0.6 is 0 Å². The Morgan fingerprint density at radius 1 is 1.25 bits per heavy atom. The number of nitrogens with zero attached hydrogens (tertiary/aromatic N) is 2. The first-order valence-electron chi connectivity index (χ1n) is 5.82. The Bertz CT molecular complexity index is 883. The van der Waals surface area contributed by atoms with Crippen molar-refractivity contribution in [1.82, 2.24) is 8.96 Å². The SMILES string of the molecule is [CH2]c1cn(S(=O)(=O)c2cccnc2)c2cc(O)ccc12. The molecule has 0 saturated carbocycles. The van der Waals surface area contributed by atoms with Gasteiger partial charge in [0.1, 0.15) is 10.6 Å². The van der Waals surface area contributed by atoms with Crippen LogP contribution in [0.25, 0.3) is 10.9 Å². The summed E-state index contributed by atoms with van der Waals surface area (Å²) in [7, 11) is -3.76. The molecule has 0 unspecified atom stereocenters. The zero-order valence-corrected chi connectivity index (χ0v) is 11.2. The van der Waals surface area contributed by atoms with Gasteiger partial charge >= 0.3 is 0 Å². The largest absolute Gasteiger partial charge is 0.508 e. The molecule has 3 rings (SSSR count). The minimum atomic E-state index is -3.76. The molecular weight excluding hydrogens is 276 g/mol. The molecule has 0 spiro atoms. The number of rotatable bonds is 2. The van der Waals surface area contributed by atoms with Crippen molar-refractivity contribution in [3.8, 4) is 5.75 Å². The van der Waals surface area contributed by atoms with E-state index in [1.807, 2.05) is 0 Å². The molecule has 20 heavy (non-hydrogen) atoms. The molecule has 0 saturated heterocycles. The molecule has 0 aliphatic heterocycles. The van der Waals surface area contributed by atoms with Gasteiger partial charge in [0, 0.05) is 30.0 Å². The Hall–Kier alpha value is -2.34. The molecule has 0 bridgehead atoms. The van der Waals surface area contributed by atoms with E-state index in [0.29, 0.717) is 16.5 Å². The summed E-state index contributed by atoms with van der Waals surface area (Å²) >= 11 is 0. The zero-order chi connectivity index (χ0) is 14.3. The molecule has 0 fully saturated rings. The first kappa shape index (κ1) is 12.7. The molecule has 6 heteroatoms. The van der Waals surface area contributed by atoms with Gasteiger partial charge in [-0.1, -0.05) is 0 Å². The maximum Gasteiger partial charge on any atom is 0.269 e. The molecule has 1 radical (unpaired) electrons. The van der Waals surface area contributed by atoms with Crippen molar-refractivity contribution in [1.29, 1.82) is 0 Å². The maximum absolute atomic E-state index is 12.6. The summed E-state index contributed by atoms with van der Waals surface area (Å²) in [4.78, 5) is 3.91. The normalized spacial score (nSPS) is 11.8. The Morgan fingerprint density at radius 2 is 2.05 bits per heavy atom. The van der Waals surface area contributed by atoms with Gasteiger partial charge in [-0.2, -0.15) is 0 Å². The van der Waals surface area contributed by atoms with E-state index < -0.39 is 10.0 Å². The number of fused-ring (bicyclic) bond motifs is 1. The molecule has 2 aromatic heterocycles. The number of aromatic nitrogens is 2. The predicted octanol–water partition coefficient (Wildman–Crippen LogP) is 2.16. The van der Waals surface area contributed by atoms with E-state index in [9.17, 15) is 13.5 Å². The zero-order valence-electron chi connectivity index (χ0n) is 10.4.